The van der Waals surface area contributed by atoms with Crippen LogP contribution in [0.15, 0.2) is 30.3 Å². The third-order valence-corrected chi connectivity index (χ3v) is 1.21. The first-order chi connectivity index (χ1) is 5.85. The third-order valence-electron chi connectivity index (χ3n) is 1.21. The van der Waals surface area contributed by atoms with Crippen LogP contribution in [0.4, 0.5) is 0 Å². The van der Waals surface area contributed by atoms with Crippen molar-refractivity contribution < 1.29 is 5.11 Å². The largest absolute Gasteiger partial charge is 0.395 e. The molecule has 0 fully saturated rings. The van der Waals surface area contributed by atoms with Crippen LogP contribution in [0, 0.1) is 0 Å². The fraction of sp³-hybridized carbons (Fsp3) is 0.333. The molecule has 0 unspecified atom stereocenters. The van der Waals surface area contributed by atoms with E-state index in [0.29, 0.717) is 13.1 Å². The van der Waals surface area contributed by atoms with Crippen molar-refractivity contribution in [1.29, 1.82) is 0 Å². The zero-order valence-electron chi connectivity index (χ0n) is 7.11. The predicted octanol–water partition coefficient (Wildman–Crippen LogP) is 0.0827. The second-order valence-electron chi connectivity index (χ2n) is 2.20. The van der Waals surface area contributed by atoms with Gasteiger partial charge in [0.25, 0.3) is 0 Å². The van der Waals surface area contributed by atoms with Crippen LogP contribution in [0.2, 0.25) is 0 Å². The van der Waals surface area contributed by atoms with Crippen molar-refractivity contribution in [3.8, 4) is 0 Å². The van der Waals surface area contributed by atoms with Crippen LogP contribution in [0.25, 0.3) is 0 Å². The van der Waals surface area contributed by atoms with Gasteiger partial charge in [0.05, 0.1) is 6.61 Å². The minimum absolute atomic E-state index is 0.0972. The highest BCUT2D eigenvalue weighted by Crippen LogP contribution is 1.94. The molecule has 0 heterocycles. The molecule has 0 saturated heterocycles. The van der Waals surface area contributed by atoms with E-state index in [-0.39, 0.29) is 6.61 Å². The van der Waals surface area contributed by atoms with Crippen LogP contribution in [0.3, 0.4) is 0 Å². The summed E-state index contributed by atoms with van der Waals surface area (Å²) in [7, 11) is 0. The Hall–Kier alpha value is -0.900. The van der Waals surface area contributed by atoms with E-state index >= 15 is 0 Å². The summed E-state index contributed by atoms with van der Waals surface area (Å²) in [5.74, 6) is 0. The molecule has 0 spiro atoms. The van der Waals surface area contributed by atoms with Gasteiger partial charge in [-0.15, -0.1) is 0 Å². The van der Waals surface area contributed by atoms with Gasteiger partial charge in [0.2, 0.25) is 0 Å². The van der Waals surface area contributed by atoms with E-state index in [9.17, 15) is 0 Å². The zero-order chi connectivity index (χ0) is 9.23. The molecule has 3 nitrogen and oxygen atoms in total. The Balaban J connectivity index is 0.000000261. The second kappa shape index (κ2) is 8.20. The normalized spacial score (nSPS) is 8.58. The first-order valence-electron chi connectivity index (χ1n) is 3.90. The highest BCUT2D eigenvalue weighted by Gasteiger charge is 1.80. The first kappa shape index (κ1) is 11.1. The van der Waals surface area contributed by atoms with E-state index in [2.05, 4.69) is 0 Å². The lowest BCUT2D eigenvalue weighted by atomic mass is 10.2. The first-order valence-corrected chi connectivity index (χ1v) is 3.90. The molecule has 0 aliphatic rings. The molecule has 5 N–H and O–H groups in total. The summed E-state index contributed by atoms with van der Waals surface area (Å²) in [5.41, 5.74) is 11.3. The van der Waals surface area contributed by atoms with Crippen molar-refractivity contribution in [3.63, 3.8) is 0 Å². The lowest BCUT2D eigenvalue weighted by Crippen LogP contribution is -2.02. The second-order valence-corrected chi connectivity index (χ2v) is 2.20. The smallest absolute Gasteiger partial charge is 0.0553 e. The highest BCUT2D eigenvalue weighted by molar-refractivity contribution is 5.13. The average molecular weight is 168 g/mol. The minimum atomic E-state index is 0.0972. The van der Waals surface area contributed by atoms with Crippen molar-refractivity contribution in [2.75, 3.05) is 13.2 Å². The Morgan fingerprint density at radius 3 is 1.83 bits per heavy atom. The molecule has 0 aliphatic carbocycles. The number of nitrogens with two attached hydrogens (primary N) is 2. The topological polar surface area (TPSA) is 72.3 Å². The number of hydrogen-bond acceptors (Lipinski definition) is 3. The van der Waals surface area contributed by atoms with Crippen LogP contribution in [-0.2, 0) is 6.54 Å². The number of benzene rings is 1. The SMILES string of the molecule is NCCO.NCc1ccccc1. The summed E-state index contributed by atoms with van der Waals surface area (Å²) < 4.78 is 0. The van der Waals surface area contributed by atoms with Crippen LogP contribution in [0.1, 0.15) is 5.56 Å². The van der Waals surface area contributed by atoms with Crippen LogP contribution in [0.5, 0.6) is 0 Å². The Morgan fingerprint density at radius 1 is 1.08 bits per heavy atom. The molecule has 1 aromatic carbocycles. The zero-order valence-corrected chi connectivity index (χ0v) is 7.11. The van der Waals surface area contributed by atoms with Crippen LogP contribution in [-0.4, -0.2) is 18.3 Å². The van der Waals surface area contributed by atoms with Crippen molar-refractivity contribution in [2.24, 2.45) is 11.5 Å². The summed E-state index contributed by atoms with van der Waals surface area (Å²) in [5, 5.41) is 7.75. The van der Waals surface area contributed by atoms with Gasteiger partial charge in [0, 0.05) is 13.1 Å². The van der Waals surface area contributed by atoms with E-state index in [0.717, 1.165) is 0 Å². The summed E-state index contributed by atoms with van der Waals surface area (Å²) in [6.07, 6.45) is 0. The van der Waals surface area contributed by atoms with E-state index in [1.54, 1.807) is 0 Å². The summed E-state index contributed by atoms with van der Waals surface area (Å²) in [6, 6.07) is 9.99. The number of hydrogen-bond donors (Lipinski definition) is 3. The van der Waals surface area contributed by atoms with Crippen molar-refractivity contribution in [1.82, 2.24) is 0 Å². The van der Waals surface area contributed by atoms with Gasteiger partial charge < -0.3 is 16.6 Å². The number of rotatable bonds is 2. The monoisotopic (exact) mass is 168 g/mol. The quantitative estimate of drug-likeness (QED) is 0.585. The van der Waals surface area contributed by atoms with Crippen LogP contribution >= 0.6 is 0 Å². The maximum atomic E-state index is 7.75. The maximum absolute atomic E-state index is 7.75. The van der Waals surface area contributed by atoms with Gasteiger partial charge in [-0.2, -0.15) is 0 Å². The highest BCUT2D eigenvalue weighted by atomic mass is 16.3. The Bertz CT molecular complexity index is 175. The Morgan fingerprint density at radius 2 is 1.58 bits per heavy atom. The van der Waals surface area contributed by atoms with Gasteiger partial charge >= 0.3 is 0 Å². The minimum Gasteiger partial charge on any atom is -0.395 e. The summed E-state index contributed by atoms with van der Waals surface area (Å²) >= 11 is 0. The molecule has 0 saturated carbocycles. The van der Waals surface area contributed by atoms with E-state index in [1.807, 2.05) is 30.3 Å². The summed E-state index contributed by atoms with van der Waals surface area (Å²) in [4.78, 5) is 0. The van der Waals surface area contributed by atoms with Gasteiger partial charge in [-0.05, 0) is 5.56 Å². The van der Waals surface area contributed by atoms with Gasteiger partial charge in [-0.3, -0.25) is 0 Å². The molecular formula is C9H16N2O. The molecule has 3 heteroatoms. The summed E-state index contributed by atoms with van der Waals surface area (Å²) in [6.45, 7) is 1.11. The third kappa shape index (κ3) is 5.85. The van der Waals surface area contributed by atoms with Crippen molar-refractivity contribution in [3.05, 3.63) is 35.9 Å². The molecule has 0 radical (unpaired) electrons. The van der Waals surface area contributed by atoms with E-state index in [1.165, 1.54) is 5.56 Å². The molecule has 12 heavy (non-hydrogen) atoms. The molecule has 0 aliphatic heterocycles. The molecule has 0 bridgehead atoms. The van der Waals surface area contributed by atoms with Crippen LogP contribution < -0.4 is 11.5 Å². The Labute approximate surface area is 73.0 Å². The Kier molecular flexibility index (Phi) is 7.58. The van der Waals surface area contributed by atoms with Gasteiger partial charge in [-0.25, -0.2) is 0 Å². The number of aliphatic hydroxyl groups excluding tert-OH is 1. The molecule has 68 valence electrons. The standard InChI is InChI=1S/C7H9N.C2H7NO/c8-6-7-4-2-1-3-5-7;3-1-2-4/h1-5H,6,8H2;4H,1-3H2. The number of aliphatic hydroxyl groups is 1. The molecular weight excluding hydrogens is 152 g/mol. The molecule has 1 aromatic rings. The molecule has 0 atom stereocenters. The fourth-order valence-corrected chi connectivity index (χ4v) is 0.614. The lowest BCUT2D eigenvalue weighted by Gasteiger charge is -1.90. The van der Waals surface area contributed by atoms with Gasteiger partial charge in [-0.1, -0.05) is 30.3 Å². The van der Waals surface area contributed by atoms with Crippen molar-refractivity contribution >= 4 is 0 Å². The molecule has 1 rings (SSSR count). The van der Waals surface area contributed by atoms with E-state index in [4.69, 9.17) is 16.6 Å². The van der Waals surface area contributed by atoms with E-state index < -0.39 is 0 Å². The van der Waals surface area contributed by atoms with Gasteiger partial charge in [0.1, 0.15) is 0 Å². The van der Waals surface area contributed by atoms with Gasteiger partial charge in [0.15, 0.2) is 0 Å². The average Bonchev–Trinajstić information content (AvgIpc) is 2.19. The molecule has 0 aromatic heterocycles. The lowest BCUT2D eigenvalue weighted by molar-refractivity contribution is 0.306. The fourth-order valence-electron chi connectivity index (χ4n) is 0.614. The maximum Gasteiger partial charge on any atom is 0.0553 e. The molecule has 0 amide bonds. The van der Waals surface area contributed by atoms with Crippen molar-refractivity contribution in [2.45, 2.75) is 6.54 Å². The predicted molar refractivity (Wildman–Crippen MR) is 50.5 cm³/mol.